The molecule has 0 aliphatic heterocycles. The summed E-state index contributed by atoms with van der Waals surface area (Å²) >= 11 is 0. The lowest BCUT2D eigenvalue weighted by Gasteiger charge is -2.11. The van der Waals surface area contributed by atoms with Gasteiger partial charge in [0.05, 0.1) is 6.61 Å². The molecule has 202 valence electrons. The second-order valence-electron chi connectivity index (χ2n) is 9.56. The smallest absolute Gasteiger partial charge is 0.144 e. The molecule has 0 amide bonds. The Balaban J connectivity index is 1.43. The Morgan fingerprint density at radius 1 is 0.718 bits per heavy atom. The molecule has 0 heterocycles. The van der Waals surface area contributed by atoms with Gasteiger partial charge in [-0.2, -0.15) is 5.26 Å². The minimum absolute atomic E-state index is 0.0202. The van der Waals surface area contributed by atoms with Crippen molar-refractivity contribution in [3.8, 4) is 11.8 Å². The molecule has 0 atom stereocenters. The topological polar surface area (TPSA) is 33.0 Å². The number of unbranched alkanes of at least 4 members (excludes halogenated alkanes) is 2. The number of rotatable bonds is 11. The molecule has 0 saturated heterocycles. The largest absolute Gasteiger partial charge is 0.493 e. The first-order valence-electron chi connectivity index (χ1n) is 13.0. The molecule has 0 radical (unpaired) electrons. The van der Waals surface area contributed by atoms with Crippen LogP contribution in [0.25, 0.3) is 10.8 Å². The number of aryl methyl sites for hydroxylation is 3. The quantitative estimate of drug-likeness (QED) is 0.142. The van der Waals surface area contributed by atoms with Gasteiger partial charge in [-0.15, -0.1) is 0 Å². The third-order valence-electron chi connectivity index (χ3n) is 6.79. The highest BCUT2D eigenvalue weighted by atomic mass is 19.1. The van der Waals surface area contributed by atoms with Gasteiger partial charge in [-0.05, 0) is 66.3 Å². The second kappa shape index (κ2) is 12.8. The van der Waals surface area contributed by atoms with Crippen LogP contribution in [0, 0.1) is 40.4 Å². The average molecular weight is 538 g/mol. The molecule has 4 rings (SSSR count). The predicted molar refractivity (Wildman–Crippen MR) is 141 cm³/mol. The van der Waals surface area contributed by atoms with Crippen LogP contribution in [-0.4, -0.2) is 6.61 Å². The van der Waals surface area contributed by atoms with Crippen LogP contribution in [-0.2, 0) is 25.7 Å². The molecule has 4 aromatic rings. The Hall–Kier alpha value is -3.92. The summed E-state index contributed by atoms with van der Waals surface area (Å²) in [5.41, 5.74) is 0.863. The Bertz CT molecular complexity index is 1480. The first-order chi connectivity index (χ1) is 18.8. The maximum absolute atomic E-state index is 15.2. The minimum Gasteiger partial charge on any atom is -0.493 e. The van der Waals surface area contributed by atoms with E-state index < -0.39 is 34.6 Å². The van der Waals surface area contributed by atoms with Crippen molar-refractivity contribution in [3.63, 3.8) is 0 Å². The summed E-state index contributed by atoms with van der Waals surface area (Å²) in [5.74, 6) is -3.44. The predicted octanol–water partition coefficient (Wildman–Crippen LogP) is 8.55. The molecule has 0 aromatic heterocycles. The lowest BCUT2D eigenvalue weighted by Crippen LogP contribution is -2.03. The molecule has 2 nitrogen and oxygen atoms in total. The van der Waals surface area contributed by atoms with Crippen LogP contribution in [0.3, 0.4) is 0 Å². The van der Waals surface area contributed by atoms with E-state index >= 15 is 4.39 Å². The normalized spacial score (nSPS) is 11.1. The van der Waals surface area contributed by atoms with E-state index in [0.717, 1.165) is 37.0 Å². The summed E-state index contributed by atoms with van der Waals surface area (Å²) in [5, 5.41) is 9.83. The van der Waals surface area contributed by atoms with Crippen molar-refractivity contribution in [2.75, 3.05) is 6.61 Å². The summed E-state index contributed by atoms with van der Waals surface area (Å²) in [6.07, 6.45) is 3.74. The highest BCUT2D eigenvalue weighted by molar-refractivity contribution is 5.84. The molecule has 39 heavy (non-hydrogen) atoms. The fourth-order valence-electron chi connectivity index (χ4n) is 4.60. The summed E-state index contributed by atoms with van der Waals surface area (Å²) < 4.78 is 77.6. The Kier molecular flexibility index (Phi) is 9.19. The molecule has 0 fully saturated rings. The minimum atomic E-state index is -0.939. The first kappa shape index (κ1) is 28.1. The van der Waals surface area contributed by atoms with E-state index in [-0.39, 0.29) is 30.6 Å². The van der Waals surface area contributed by atoms with Gasteiger partial charge in [0.1, 0.15) is 46.5 Å². The molecule has 0 aliphatic carbocycles. The Labute approximate surface area is 224 Å². The third-order valence-corrected chi connectivity index (χ3v) is 6.79. The molecule has 0 saturated carbocycles. The van der Waals surface area contributed by atoms with Crippen LogP contribution in [0.15, 0.2) is 54.6 Å². The van der Waals surface area contributed by atoms with E-state index in [9.17, 15) is 17.6 Å². The summed E-state index contributed by atoms with van der Waals surface area (Å²) in [7, 11) is 0. The molecular formula is C32H28F5NO. The number of hydrogen-bond acceptors (Lipinski definition) is 2. The molecule has 4 aromatic carbocycles. The van der Waals surface area contributed by atoms with Gasteiger partial charge in [0, 0.05) is 23.1 Å². The van der Waals surface area contributed by atoms with Crippen LogP contribution in [0.4, 0.5) is 22.0 Å². The third kappa shape index (κ3) is 6.75. The first-order valence-corrected chi connectivity index (χ1v) is 13.0. The monoisotopic (exact) mass is 537 g/mol. The van der Waals surface area contributed by atoms with Gasteiger partial charge in [0.15, 0.2) is 0 Å². The number of ether oxygens (including phenoxy) is 1. The van der Waals surface area contributed by atoms with Crippen LogP contribution in [0.2, 0.25) is 0 Å². The lowest BCUT2D eigenvalue weighted by molar-refractivity contribution is 0.302. The van der Waals surface area contributed by atoms with Gasteiger partial charge in [0.25, 0.3) is 0 Å². The van der Waals surface area contributed by atoms with E-state index in [4.69, 9.17) is 10.00 Å². The van der Waals surface area contributed by atoms with Gasteiger partial charge in [-0.3, -0.25) is 0 Å². The average Bonchev–Trinajstić information content (AvgIpc) is 2.90. The van der Waals surface area contributed by atoms with E-state index in [1.807, 2.05) is 0 Å². The Morgan fingerprint density at radius 2 is 1.41 bits per heavy atom. The van der Waals surface area contributed by atoms with Gasteiger partial charge < -0.3 is 4.74 Å². The lowest BCUT2D eigenvalue weighted by atomic mass is 9.97. The van der Waals surface area contributed by atoms with Crippen molar-refractivity contribution in [2.24, 2.45) is 0 Å². The highest BCUT2D eigenvalue weighted by Gasteiger charge is 2.15. The van der Waals surface area contributed by atoms with E-state index in [2.05, 4.69) is 6.92 Å². The molecule has 0 unspecified atom stereocenters. The number of halogens is 5. The van der Waals surface area contributed by atoms with Crippen molar-refractivity contribution < 1.29 is 26.7 Å². The maximum atomic E-state index is 15.2. The fraction of sp³-hybridized carbons (Fsp3) is 0.281. The molecule has 0 bridgehead atoms. The van der Waals surface area contributed by atoms with Crippen LogP contribution >= 0.6 is 0 Å². The van der Waals surface area contributed by atoms with Gasteiger partial charge in [0.2, 0.25) is 0 Å². The van der Waals surface area contributed by atoms with Crippen molar-refractivity contribution in [2.45, 2.75) is 51.9 Å². The van der Waals surface area contributed by atoms with Gasteiger partial charge >= 0.3 is 0 Å². The summed E-state index contributed by atoms with van der Waals surface area (Å²) in [6, 6.07) is 14.6. The van der Waals surface area contributed by atoms with E-state index in [1.165, 1.54) is 18.2 Å². The fourth-order valence-corrected chi connectivity index (χ4v) is 4.60. The molecule has 0 aliphatic rings. The molecule has 0 N–H and O–H groups in total. The van der Waals surface area contributed by atoms with Crippen molar-refractivity contribution in [1.82, 2.24) is 0 Å². The second-order valence-corrected chi connectivity index (χ2v) is 9.56. The zero-order valence-corrected chi connectivity index (χ0v) is 21.6. The molecule has 0 spiro atoms. The van der Waals surface area contributed by atoms with Crippen molar-refractivity contribution in [1.29, 1.82) is 5.26 Å². The molecule has 7 heteroatoms. The number of nitriles is 1. The van der Waals surface area contributed by atoms with Crippen molar-refractivity contribution in [3.05, 3.63) is 112 Å². The maximum Gasteiger partial charge on any atom is 0.144 e. The number of nitrogens with zero attached hydrogens (tertiary/aromatic N) is 1. The Morgan fingerprint density at radius 3 is 2.08 bits per heavy atom. The molecular weight excluding hydrogens is 509 g/mol. The van der Waals surface area contributed by atoms with Crippen molar-refractivity contribution >= 4 is 10.8 Å². The number of fused-ring (bicyclic) bond motifs is 1. The number of hydrogen-bond donors (Lipinski definition) is 0. The van der Waals surface area contributed by atoms with Gasteiger partial charge in [-0.25, -0.2) is 22.0 Å². The standard InChI is InChI=1S/C32H28F5NO/c1-2-3-4-13-39-24-17-30(35)26(31(36)18-24)12-7-20-6-11-25-23(14-20)10-9-22(32(25)37)8-5-21-15-28(33)27(19-38)29(34)16-21/h6,9-11,14-18H,2-5,7-8,12-13H2,1H3. The summed E-state index contributed by atoms with van der Waals surface area (Å²) in [6.45, 7) is 2.47. The summed E-state index contributed by atoms with van der Waals surface area (Å²) in [4.78, 5) is 0. The SMILES string of the molecule is CCCCCOc1cc(F)c(CCc2ccc3c(F)c(CCc4cc(F)c(C#N)c(F)c4)ccc3c2)c(F)c1. The van der Waals surface area contributed by atoms with Gasteiger partial charge in [-0.1, -0.05) is 50.1 Å². The zero-order valence-electron chi connectivity index (χ0n) is 21.6. The van der Waals surface area contributed by atoms with Crippen LogP contribution < -0.4 is 4.74 Å². The number of benzene rings is 4. The van der Waals surface area contributed by atoms with E-state index in [1.54, 1.807) is 30.3 Å². The zero-order chi connectivity index (χ0) is 27.9. The van der Waals surface area contributed by atoms with Crippen LogP contribution in [0.1, 0.15) is 54.0 Å². The highest BCUT2D eigenvalue weighted by Crippen LogP contribution is 2.26. The van der Waals surface area contributed by atoms with E-state index in [0.29, 0.717) is 34.9 Å². The van der Waals surface area contributed by atoms with Crippen LogP contribution in [0.5, 0.6) is 5.75 Å².